The first-order chi connectivity index (χ1) is 14.1. The summed E-state index contributed by atoms with van der Waals surface area (Å²) in [4.78, 5) is 48.5. The maximum Gasteiger partial charge on any atom is 0.307 e. The molecule has 0 aliphatic heterocycles. The van der Waals surface area contributed by atoms with Gasteiger partial charge in [0.1, 0.15) is 12.7 Å². The molecule has 0 aliphatic rings. The van der Waals surface area contributed by atoms with Crippen molar-refractivity contribution in [3.63, 3.8) is 0 Å². The smallest absolute Gasteiger partial charge is 0.307 e. The first-order valence-corrected chi connectivity index (χ1v) is 10.0. The number of carbonyl (C=O) groups excluding carboxylic acids is 3. The van der Waals surface area contributed by atoms with Crippen molar-refractivity contribution < 1.29 is 28.7 Å². The number of amides is 2. The molecule has 3 N–H and O–H groups in total. The standard InChI is InChI=1S/C22H31FN2O5/c1-13(2)10-19(25-15(4)26)21(28)24-14(3)20(27)18(12-23)17(22(29)30)11-16-8-6-5-7-9-16/h5-9,13-14,17-19H,10-12H2,1-4H3,(H,24,28)(H,25,26)(H,29,30). The number of hydrogen-bond donors (Lipinski definition) is 3. The van der Waals surface area contributed by atoms with Crippen LogP contribution >= 0.6 is 0 Å². The molecular weight excluding hydrogens is 391 g/mol. The van der Waals surface area contributed by atoms with Crippen LogP contribution in [0.25, 0.3) is 0 Å². The average Bonchev–Trinajstić information content (AvgIpc) is 2.66. The Kier molecular flexibility index (Phi) is 10.1. The fourth-order valence-electron chi connectivity index (χ4n) is 3.31. The predicted molar refractivity (Wildman–Crippen MR) is 110 cm³/mol. The summed E-state index contributed by atoms with van der Waals surface area (Å²) in [7, 11) is 0. The highest BCUT2D eigenvalue weighted by molar-refractivity contribution is 5.95. The van der Waals surface area contributed by atoms with Crippen molar-refractivity contribution in [3.8, 4) is 0 Å². The topological polar surface area (TPSA) is 113 Å². The molecule has 0 radical (unpaired) electrons. The fraction of sp³-hybridized carbons (Fsp3) is 0.545. The molecule has 0 bridgehead atoms. The summed E-state index contributed by atoms with van der Waals surface area (Å²) in [5, 5.41) is 14.6. The molecule has 4 atom stereocenters. The lowest BCUT2D eigenvalue weighted by Crippen LogP contribution is -2.52. The van der Waals surface area contributed by atoms with Crippen molar-refractivity contribution in [2.75, 3.05) is 6.67 Å². The molecule has 1 rings (SSSR count). The second kappa shape index (κ2) is 12.0. The van der Waals surface area contributed by atoms with Gasteiger partial charge in [0.05, 0.1) is 17.9 Å². The Morgan fingerprint density at radius 1 is 1.00 bits per heavy atom. The molecule has 0 saturated carbocycles. The number of Topliss-reactive ketones (excluding diaryl/α,β-unsaturated/α-hetero) is 1. The zero-order valence-corrected chi connectivity index (χ0v) is 17.9. The lowest BCUT2D eigenvalue weighted by atomic mass is 9.82. The largest absolute Gasteiger partial charge is 0.481 e. The van der Waals surface area contributed by atoms with E-state index >= 15 is 0 Å². The van der Waals surface area contributed by atoms with Gasteiger partial charge in [-0.25, -0.2) is 0 Å². The van der Waals surface area contributed by atoms with E-state index in [1.165, 1.54) is 13.8 Å². The molecule has 30 heavy (non-hydrogen) atoms. The SMILES string of the molecule is CC(=O)NC(CC(C)C)C(=O)NC(C)C(=O)C(CF)C(Cc1ccccc1)C(=O)O. The highest BCUT2D eigenvalue weighted by atomic mass is 19.1. The minimum atomic E-state index is -1.40. The van der Waals surface area contributed by atoms with Crippen LogP contribution in [0.3, 0.4) is 0 Å². The molecule has 0 spiro atoms. The summed E-state index contributed by atoms with van der Waals surface area (Å²) in [5.41, 5.74) is 0.676. The summed E-state index contributed by atoms with van der Waals surface area (Å²) in [6.45, 7) is 5.30. The van der Waals surface area contributed by atoms with Crippen molar-refractivity contribution in [1.82, 2.24) is 10.6 Å². The maximum absolute atomic E-state index is 13.8. The minimum Gasteiger partial charge on any atom is -0.481 e. The Labute approximate surface area is 176 Å². The number of nitrogens with one attached hydrogen (secondary N) is 2. The van der Waals surface area contributed by atoms with E-state index < -0.39 is 48.3 Å². The first-order valence-electron chi connectivity index (χ1n) is 10.0. The molecule has 1 aromatic rings. The van der Waals surface area contributed by atoms with Crippen LogP contribution in [0.1, 0.15) is 39.7 Å². The van der Waals surface area contributed by atoms with E-state index in [0.29, 0.717) is 12.0 Å². The quantitative estimate of drug-likeness (QED) is 0.478. The molecule has 2 amide bonds. The zero-order chi connectivity index (χ0) is 22.8. The van der Waals surface area contributed by atoms with Crippen LogP contribution in [-0.4, -0.2) is 47.4 Å². The van der Waals surface area contributed by atoms with Gasteiger partial charge < -0.3 is 15.7 Å². The van der Waals surface area contributed by atoms with Gasteiger partial charge in [-0.3, -0.25) is 23.6 Å². The third-order valence-corrected chi connectivity index (χ3v) is 4.82. The third kappa shape index (κ3) is 7.93. The van der Waals surface area contributed by atoms with E-state index in [1.54, 1.807) is 30.3 Å². The van der Waals surface area contributed by atoms with Gasteiger partial charge in [-0.15, -0.1) is 0 Å². The molecule has 0 heterocycles. The lowest BCUT2D eigenvalue weighted by molar-refractivity contribution is -0.147. The van der Waals surface area contributed by atoms with Gasteiger partial charge >= 0.3 is 5.97 Å². The van der Waals surface area contributed by atoms with Crippen molar-refractivity contribution >= 4 is 23.6 Å². The summed E-state index contributed by atoms with van der Waals surface area (Å²) >= 11 is 0. The summed E-state index contributed by atoms with van der Waals surface area (Å²) in [6.07, 6.45) is 0.365. The van der Waals surface area contributed by atoms with Crippen LogP contribution < -0.4 is 10.6 Å². The van der Waals surface area contributed by atoms with Gasteiger partial charge in [0, 0.05) is 6.92 Å². The van der Waals surface area contributed by atoms with E-state index in [9.17, 15) is 28.7 Å². The van der Waals surface area contributed by atoms with Crippen molar-refractivity contribution in [3.05, 3.63) is 35.9 Å². The molecule has 8 heteroatoms. The van der Waals surface area contributed by atoms with Crippen LogP contribution in [0, 0.1) is 17.8 Å². The van der Waals surface area contributed by atoms with Crippen LogP contribution in [0.4, 0.5) is 4.39 Å². The molecule has 0 aliphatic carbocycles. The lowest BCUT2D eigenvalue weighted by Gasteiger charge is -2.26. The van der Waals surface area contributed by atoms with Crippen molar-refractivity contribution in [2.45, 2.75) is 52.6 Å². The molecule has 0 fully saturated rings. The molecule has 166 valence electrons. The van der Waals surface area contributed by atoms with Crippen LogP contribution in [0.2, 0.25) is 0 Å². The van der Waals surface area contributed by atoms with Gasteiger partial charge in [-0.1, -0.05) is 44.2 Å². The van der Waals surface area contributed by atoms with E-state index in [4.69, 9.17) is 0 Å². The number of carbonyl (C=O) groups is 4. The molecular formula is C22H31FN2O5. The van der Waals surface area contributed by atoms with Gasteiger partial charge in [0.2, 0.25) is 11.8 Å². The Morgan fingerprint density at radius 3 is 2.07 bits per heavy atom. The number of rotatable bonds is 12. The van der Waals surface area contributed by atoms with Gasteiger partial charge in [-0.2, -0.15) is 0 Å². The van der Waals surface area contributed by atoms with Crippen LogP contribution in [-0.2, 0) is 25.6 Å². The highest BCUT2D eigenvalue weighted by Gasteiger charge is 2.37. The Morgan fingerprint density at radius 2 is 1.60 bits per heavy atom. The van der Waals surface area contributed by atoms with E-state index in [0.717, 1.165) is 0 Å². The number of hydrogen-bond acceptors (Lipinski definition) is 4. The maximum atomic E-state index is 13.8. The van der Waals surface area contributed by atoms with Gasteiger partial charge in [0.25, 0.3) is 0 Å². The van der Waals surface area contributed by atoms with Gasteiger partial charge in [0.15, 0.2) is 5.78 Å². The van der Waals surface area contributed by atoms with Crippen molar-refractivity contribution in [1.29, 1.82) is 0 Å². The van der Waals surface area contributed by atoms with E-state index in [1.807, 2.05) is 13.8 Å². The first kappa shape index (κ1) is 25.3. The summed E-state index contributed by atoms with van der Waals surface area (Å²) < 4.78 is 13.8. The Balaban J connectivity index is 2.93. The van der Waals surface area contributed by atoms with E-state index in [-0.39, 0.29) is 18.2 Å². The zero-order valence-electron chi connectivity index (χ0n) is 17.9. The number of alkyl halides is 1. The molecule has 1 aromatic carbocycles. The predicted octanol–water partition coefficient (Wildman–Crippen LogP) is 2.14. The summed E-state index contributed by atoms with van der Waals surface area (Å²) in [5.74, 6) is -5.46. The highest BCUT2D eigenvalue weighted by Crippen LogP contribution is 2.22. The summed E-state index contributed by atoms with van der Waals surface area (Å²) in [6, 6.07) is 6.74. The Hall–Kier alpha value is -2.77. The molecule has 4 unspecified atom stereocenters. The Bertz CT molecular complexity index is 738. The number of aliphatic carboxylic acids is 1. The number of halogens is 1. The second-order valence-electron chi connectivity index (χ2n) is 7.91. The van der Waals surface area contributed by atoms with Crippen LogP contribution in [0.15, 0.2) is 30.3 Å². The molecule has 0 saturated heterocycles. The number of carboxylic acids is 1. The number of benzene rings is 1. The normalized spacial score (nSPS) is 15.0. The van der Waals surface area contributed by atoms with Crippen LogP contribution in [0.5, 0.6) is 0 Å². The van der Waals surface area contributed by atoms with Gasteiger partial charge in [-0.05, 0) is 31.2 Å². The molecule has 7 nitrogen and oxygen atoms in total. The number of ketones is 1. The average molecular weight is 422 g/mol. The number of carboxylic acid groups (broad SMARTS) is 1. The van der Waals surface area contributed by atoms with E-state index in [2.05, 4.69) is 10.6 Å². The second-order valence-corrected chi connectivity index (χ2v) is 7.91. The monoisotopic (exact) mass is 422 g/mol. The fourth-order valence-corrected chi connectivity index (χ4v) is 3.31. The van der Waals surface area contributed by atoms with Crippen molar-refractivity contribution in [2.24, 2.45) is 17.8 Å². The minimum absolute atomic E-state index is 0.000959. The third-order valence-electron chi connectivity index (χ3n) is 4.82. The molecule has 0 aromatic heterocycles.